The highest BCUT2D eigenvalue weighted by Crippen LogP contribution is 2.30. The Hall–Kier alpha value is -1.13. The molecule has 0 heterocycles. The number of anilines is 1. The van der Waals surface area contributed by atoms with Gasteiger partial charge in [-0.05, 0) is 24.3 Å². The van der Waals surface area contributed by atoms with Gasteiger partial charge in [0.1, 0.15) is 5.75 Å². The first-order chi connectivity index (χ1) is 8.69. The second kappa shape index (κ2) is 6.16. The molecule has 0 unspecified atom stereocenters. The van der Waals surface area contributed by atoms with Crippen LogP contribution in [0, 0.1) is 0 Å². The van der Waals surface area contributed by atoms with Gasteiger partial charge in [0.25, 0.3) is 0 Å². The molecule has 2 N–H and O–H groups in total. The first-order valence-electron chi connectivity index (χ1n) is 5.50. The Kier molecular flexibility index (Phi) is 4.55. The van der Waals surface area contributed by atoms with Crippen molar-refractivity contribution in [3.8, 4) is 5.75 Å². The summed E-state index contributed by atoms with van der Waals surface area (Å²) in [6.07, 6.45) is 0. The number of ether oxygens (including phenoxy) is 1. The monoisotopic (exact) mass is 323 g/mol. The van der Waals surface area contributed by atoms with Crippen LogP contribution in [-0.4, -0.2) is 7.11 Å². The standard InChI is InChI=1S/C14H14BrNOS/c1-17-14-8-12(16)6-5-10(14)9-18-13-4-2-3-11(15)7-13/h2-8H,9,16H2,1H3. The van der Waals surface area contributed by atoms with E-state index in [4.69, 9.17) is 10.5 Å². The summed E-state index contributed by atoms with van der Waals surface area (Å²) in [5, 5.41) is 0. The summed E-state index contributed by atoms with van der Waals surface area (Å²) in [5.74, 6) is 1.71. The maximum absolute atomic E-state index is 5.74. The summed E-state index contributed by atoms with van der Waals surface area (Å²) in [7, 11) is 1.67. The number of hydrogen-bond acceptors (Lipinski definition) is 3. The van der Waals surface area contributed by atoms with Gasteiger partial charge in [0.2, 0.25) is 0 Å². The molecule has 94 valence electrons. The van der Waals surface area contributed by atoms with Crippen LogP contribution in [0.3, 0.4) is 0 Å². The Morgan fingerprint density at radius 2 is 2.06 bits per heavy atom. The van der Waals surface area contributed by atoms with Gasteiger partial charge in [-0.25, -0.2) is 0 Å². The molecule has 0 bridgehead atoms. The van der Waals surface area contributed by atoms with E-state index in [2.05, 4.69) is 28.1 Å². The molecule has 0 amide bonds. The Morgan fingerprint density at radius 3 is 2.78 bits per heavy atom. The smallest absolute Gasteiger partial charge is 0.124 e. The zero-order valence-electron chi connectivity index (χ0n) is 10.0. The van der Waals surface area contributed by atoms with E-state index in [0.29, 0.717) is 0 Å². The van der Waals surface area contributed by atoms with E-state index in [1.165, 1.54) is 4.90 Å². The molecule has 2 nitrogen and oxygen atoms in total. The van der Waals surface area contributed by atoms with E-state index >= 15 is 0 Å². The lowest BCUT2D eigenvalue weighted by Crippen LogP contribution is -1.93. The lowest BCUT2D eigenvalue weighted by atomic mass is 10.2. The minimum absolute atomic E-state index is 0.725. The first-order valence-corrected chi connectivity index (χ1v) is 7.27. The minimum Gasteiger partial charge on any atom is -0.496 e. The highest BCUT2D eigenvalue weighted by molar-refractivity contribution is 9.10. The van der Waals surface area contributed by atoms with Crippen LogP contribution in [0.5, 0.6) is 5.75 Å². The summed E-state index contributed by atoms with van der Waals surface area (Å²) < 4.78 is 6.43. The van der Waals surface area contributed by atoms with Gasteiger partial charge in [0.05, 0.1) is 7.11 Å². The van der Waals surface area contributed by atoms with Crippen molar-refractivity contribution in [2.45, 2.75) is 10.6 Å². The Bertz CT molecular complexity index is 545. The number of methoxy groups -OCH3 is 1. The molecule has 0 aliphatic carbocycles. The van der Waals surface area contributed by atoms with E-state index in [0.717, 1.165) is 27.2 Å². The zero-order chi connectivity index (χ0) is 13.0. The number of nitrogens with two attached hydrogens (primary N) is 1. The van der Waals surface area contributed by atoms with Crippen LogP contribution in [0.25, 0.3) is 0 Å². The van der Waals surface area contributed by atoms with Crippen molar-refractivity contribution in [1.82, 2.24) is 0 Å². The molecule has 4 heteroatoms. The van der Waals surface area contributed by atoms with Crippen LogP contribution >= 0.6 is 27.7 Å². The van der Waals surface area contributed by atoms with Crippen LogP contribution in [0.15, 0.2) is 51.8 Å². The largest absolute Gasteiger partial charge is 0.496 e. The molecule has 0 fully saturated rings. The number of hydrogen-bond donors (Lipinski definition) is 1. The van der Waals surface area contributed by atoms with Gasteiger partial charge in [0, 0.05) is 32.4 Å². The van der Waals surface area contributed by atoms with Crippen LogP contribution in [-0.2, 0) is 5.75 Å². The predicted molar refractivity (Wildman–Crippen MR) is 81.1 cm³/mol. The minimum atomic E-state index is 0.725. The molecular formula is C14H14BrNOS. The van der Waals surface area contributed by atoms with Crippen LogP contribution in [0.2, 0.25) is 0 Å². The maximum Gasteiger partial charge on any atom is 0.124 e. The number of halogens is 1. The van der Waals surface area contributed by atoms with Crippen molar-refractivity contribution in [2.75, 3.05) is 12.8 Å². The van der Waals surface area contributed by atoms with Gasteiger partial charge < -0.3 is 10.5 Å². The summed E-state index contributed by atoms with van der Waals surface area (Å²) in [6, 6.07) is 14.0. The van der Waals surface area contributed by atoms with E-state index in [-0.39, 0.29) is 0 Å². The van der Waals surface area contributed by atoms with E-state index in [9.17, 15) is 0 Å². The molecule has 0 spiro atoms. The SMILES string of the molecule is COc1cc(N)ccc1CSc1cccc(Br)c1. The molecular weight excluding hydrogens is 310 g/mol. The average molecular weight is 324 g/mol. The van der Waals surface area contributed by atoms with Crippen molar-refractivity contribution in [2.24, 2.45) is 0 Å². The third-order valence-corrected chi connectivity index (χ3v) is 4.04. The van der Waals surface area contributed by atoms with Gasteiger partial charge in [-0.1, -0.05) is 28.1 Å². The van der Waals surface area contributed by atoms with Crippen LogP contribution in [0.1, 0.15) is 5.56 Å². The normalized spacial score (nSPS) is 10.3. The summed E-state index contributed by atoms with van der Waals surface area (Å²) >= 11 is 5.24. The van der Waals surface area contributed by atoms with Gasteiger partial charge >= 0.3 is 0 Å². The van der Waals surface area contributed by atoms with Gasteiger partial charge in [0.15, 0.2) is 0 Å². The van der Waals surface area contributed by atoms with Crippen molar-refractivity contribution >= 4 is 33.4 Å². The number of nitrogen functional groups attached to an aromatic ring is 1. The molecule has 0 atom stereocenters. The lowest BCUT2D eigenvalue weighted by Gasteiger charge is -2.09. The Labute approximate surface area is 120 Å². The second-order valence-electron chi connectivity index (χ2n) is 3.82. The molecule has 0 aliphatic rings. The third kappa shape index (κ3) is 3.43. The molecule has 0 aliphatic heterocycles. The van der Waals surface area contributed by atoms with Crippen molar-refractivity contribution < 1.29 is 4.74 Å². The quantitative estimate of drug-likeness (QED) is 0.671. The molecule has 0 saturated heterocycles. The molecule has 0 radical (unpaired) electrons. The average Bonchev–Trinajstić information content (AvgIpc) is 2.37. The highest BCUT2D eigenvalue weighted by atomic mass is 79.9. The van der Waals surface area contributed by atoms with Crippen molar-refractivity contribution in [3.05, 3.63) is 52.5 Å². The van der Waals surface area contributed by atoms with E-state index < -0.39 is 0 Å². The number of rotatable bonds is 4. The first kappa shape index (κ1) is 13.3. The van der Waals surface area contributed by atoms with Crippen LogP contribution < -0.4 is 10.5 Å². The molecule has 2 aromatic carbocycles. The van der Waals surface area contributed by atoms with E-state index in [1.807, 2.05) is 30.3 Å². The number of benzene rings is 2. The second-order valence-corrected chi connectivity index (χ2v) is 5.78. The molecule has 0 saturated carbocycles. The predicted octanol–water partition coefficient (Wildman–Crippen LogP) is 4.33. The van der Waals surface area contributed by atoms with Crippen molar-refractivity contribution in [3.63, 3.8) is 0 Å². The fourth-order valence-corrected chi connectivity index (χ4v) is 3.09. The summed E-state index contributed by atoms with van der Waals surface area (Å²) in [5.41, 5.74) is 7.61. The maximum atomic E-state index is 5.74. The lowest BCUT2D eigenvalue weighted by molar-refractivity contribution is 0.411. The summed E-state index contributed by atoms with van der Waals surface area (Å²) in [4.78, 5) is 1.23. The highest BCUT2D eigenvalue weighted by Gasteiger charge is 2.04. The third-order valence-electron chi connectivity index (χ3n) is 2.50. The fourth-order valence-electron chi connectivity index (χ4n) is 1.60. The topological polar surface area (TPSA) is 35.2 Å². The molecule has 0 aromatic heterocycles. The van der Waals surface area contributed by atoms with Gasteiger partial charge in [-0.3, -0.25) is 0 Å². The molecule has 2 aromatic rings. The van der Waals surface area contributed by atoms with Gasteiger partial charge in [-0.15, -0.1) is 11.8 Å². The summed E-state index contributed by atoms with van der Waals surface area (Å²) in [6.45, 7) is 0. The van der Waals surface area contributed by atoms with Crippen LogP contribution in [0.4, 0.5) is 5.69 Å². The zero-order valence-corrected chi connectivity index (χ0v) is 12.4. The van der Waals surface area contributed by atoms with E-state index in [1.54, 1.807) is 18.9 Å². The fraction of sp³-hybridized carbons (Fsp3) is 0.143. The molecule has 18 heavy (non-hydrogen) atoms. The van der Waals surface area contributed by atoms with Gasteiger partial charge in [-0.2, -0.15) is 0 Å². The van der Waals surface area contributed by atoms with Crippen molar-refractivity contribution in [1.29, 1.82) is 0 Å². The Morgan fingerprint density at radius 1 is 1.22 bits per heavy atom. The Balaban J connectivity index is 2.10. The number of thioether (sulfide) groups is 1. The molecule has 2 rings (SSSR count).